The largest absolute Gasteiger partial charge is 0.481 e. The molecule has 2 N–H and O–H groups in total. The van der Waals surface area contributed by atoms with Crippen molar-refractivity contribution in [3.05, 3.63) is 96.6 Å². The van der Waals surface area contributed by atoms with Crippen LogP contribution in [0.1, 0.15) is 18.9 Å². The van der Waals surface area contributed by atoms with Gasteiger partial charge < -0.3 is 10.1 Å². The molecule has 0 aliphatic heterocycles. The number of carbonyl (C=O) groups excluding carboxylic acids is 1. The van der Waals surface area contributed by atoms with Gasteiger partial charge in [-0.1, -0.05) is 43.3 Å². The van der Waals surface area contributed by atoms with Crippen LogP contribution in [-0.2, 0) is 21.0 Å². The molecule has 0 spiro atoms. The molecule has 0 aliphatic carbocycles. The number of nitrogens with one attached hydrogen (secondary N) is 2. The van der Waals surface area contributed by atoms with Gasteiger partial charge in [-0.25, -0.2) is 8.42 Å². The molecule has 0 bridgehead atoms. The molecule has 0 aliphatic rings. The van der Waals surface area contributed by atoms with Crippen LogP contribution in [0.25, 0.3) is 10.8 Å². The summed E-state index contributed by atoms with van der Waals surface area (Å²) in [5, 5.41) is 4.72. The van der Waals surface area contributed by atoms with E-state index < -0.39 is 33.8 Å². The quantitative estimate of drug-likeness (QED) is 0.275. The molecule has 0 saturated carbocycles. The summed E-state index contributed by atoms with van der Waals surface area (Å²) >= 11 is 0. The number of anilines is 2. The van der Waals surface area contributed by atoms with Crippen molar-refractivity contribution < 1.29 is 31.1 Å². The molecular weight excluding hydrogens is 505 g/mol. The summed E-state index contributed by atoms with van der Waals surface area (Å²) in [5.41, 5.74) is -0.852. The summed E-state index contributed by atoms with van der Waals surface area (Å²) in [6.07, 6.45) is -4.99. The van der Waals surface area contributed by atoms with E-state index in [1.165, 1.54) is 30.3 Å². The van der Waals surface area contributed by atoms with Crippen LogP contribution in [0.3, 0.4) is 0 Å². The Morgan fingerprint density at radius 3 is 2.24 bits per heavy atom. The van der Waals surface area contributed by atoms with Gasteiger partial charge in [0.1, 0.15) is 5.75 Å². The van der Waals surface area contributed by atoms with Crippen LogP contribution in [0.4, 0.5) is 24.5 Å². The van der Waals surface area contributed by atoms with Gasteiger partial charge in [0.2, 0.25) is 0 Å². The standard InChI is InChI=1S/C27H23F3N2O4S/c1-2-25(36-23-13-10-18-6-3-4-7-19(18)16-23)26(33)31-21-11-14-24(15-12-21)37(34,35)32-22-9-5-8-20(17-22)27(28,29)30/h3-17,25,32H,2H2,1H3,(H,31,33)/t25-/m0/s1. The molecule has 1 atom stereocenters. The Labute approximate surface area is 212 Å². The first kappa shape index (κ1) is 26.0. The average molecular weight is 529 g/mol. The summed E-state index contributed by atoms with van der Waals surface area (Å²) in [6, 6.07) is 22.5. The Hall–Kier alpha value is -4.05. The normalized spacial score (nSPS) is 12.6. The Bertz CT molecular complexity index is 1520. The Morgan fingerprint density at radius 2 is 1.57 bits per heavy atom. The Balaban J connectivity index is 1.42. The van der Waals surface area contributed by atoms with E-state index in [1.807, 2.05) is 36.4 Å². The van der Waals surface area contributed by atoms with Gasteiger partial charge in [0.25, 0.3) is 15.9 Å². The second kappa shape index (κ2) is 10.5. The lowest BCUT2D eigenvalue weighted by atomic mass is 10.1. The van der Waals surface area contributed by atoms with Gasteiger partial charge in [0.15, 0.2) is 6.10 Å². The maximum atomic E-state index is 12.9. The minimum absolute atomic E-state index is 0.178. The smallest absolute Gasteiger partial charge is 0.416 e. The first-order valence-electron chi connectivity index (χ1n) is 11.3. The maximum absolute atomic E-state index is 12.9. The van der Waals surface area contributed by atoms with E-state index in [0.717, 1.165) is 22.9 Å². The molecular formula is C27H23F3N2O4S. The van der Waals surface area contributed by atoms with E-state index in [1.54, 1.807) is 13.0 Å². The van der Waals surface area contributed by atoms with Crippen LogP contribution in [-0.4, -0.2) is 20.4 Å². The highest BCUT2D eigenvalue weighted by atomic mass is 32.2. The highest BCUT2D eigenvalue weighted by Gasteiger charge is 2.30. The number of sulfonamides is 1. The third-order valence-corrected chi connectivity index (χ3v) is 6.93. The number of halogens is 3. The molecule has 0 heterocycles. The zero-order valence-electron chi connectivity index (χ0n) is 19.6. The van der Waals surface area contributed by atoms with E-state index >= 15 is 0 Å². The monoisotopic (exact) mass is 528 g/mol. The summed E-state index contributed by atoms with van der Waals surface area (Å²) in [7, 11) is -4.16. The molecule has 0 saturated heterocycles. The highest BCUT2D eigenvalue weighted by molar-refractivity contribution is 7.92. The lowest BCUT2D eigenvalue weighted by Crippen LogP contribution is -2.32. The molecule has 0 fully saturated rings. The fraction of sp³-hybridized carbons (Fsp3) is 0.148. The van der Waals surface area contributed by atoms with Crippen molar-refractivity contribution in [3.63, 3.8) is 0 Å². The molecule has 4 rings (SSSR count). The van der Waals surface area contributed by atoms with Crippen molar-refractivity contribution in [2.75, 3.05) is 10.0 Å². The lowest BCUT2D eigenvalue weighted by molar-refractivity contribution is -0.137. The van der Waals surface area contributed by atoms with E-state index in [-0.39, 0.29) is 10.6 Å². The average Bonchev–Trinajstić information content (AvgIpc) is 2.87. The van der Waals surface area contributed by atoms with Crippen LogP contribution in [0.15, 0.2) is 95.9 Å². The molecule has 0 aromatic heterocycles. The predicted molar refractivity (Wildman–Crippen MR) is 136 cm³/mol. The number of amides is 1. The molecule has 1 amide bonds. The summed E-state index contributed by atoms with van der Waals surface area (Å²) in [4.78, 5) is 12.6. The van der Waals surface area contributed by atoms with E-state index in [2.05, 4.69) is 10.0 Å². The number of carbonyl (C=O) groups is 1. The molecule has 10 heteroatoms. The van der Waals surface area contributed by atoms with Gasteiger partial charge in [-0.3, -0.25) is 9.52 Å². The van der Waals surface area contributed by atoms with Crippen molar-refractivity contribution in [2.45, 2.75) is 30.5 Å². The van der Waals surface area contributed by atoms with Gasteiger partial charge in [-0.05, 0) is 71.8 Å². The van der Waals surface area contributed by atoms with Crippen molar-refractivity contribution in [2.24, 2.45) is 0 Å². The number of fused-ring (bicyclic) bond motifs is 1. The minimum Gasteiger partial charge on any atom is -0.481 e. The van der Waals surface area contributed by atoms with Crippen molar-refractivity contribution in [3.8, 4) is 5.75 Å². The zero-order valence-corrected chi connectivity index (χ0v) is 20.4. The molecule has 0 radical (unpaired) electrons. The van der Waals surface area contributed by atoms with Gasteiger partial charge in [-0.2, -0.15) is 13.2 Å². The first-order chi connectivity index (χ1) is 17.5. The predicted octanol–water partition coefficient (Wildman–Crippen LogP) is 6.46. The molecule has 4 aromatic carbocycles. The molecule has 4 aromatic rings. The van der Waals surface area contributed by atoms with Crippen molar-refractivity contribution in [1.29, 1.82) is 0 Å². The third kappa shape index (κ3) is 6.39. The second-order valence-corrected chi connectivity index (χ2v) is 9.90. The van der Waals surface area contributed by atoms with E-state index in [0.29, 0.717) is 23.9 Å². The fourth-order valence-electron chi connectivity index (χ4n) is 3.64. The van der Waals surface area contributed by atoms with Crippen molar-refractivity contribution in [1.82, 2.24) is 0 Å². The molecule has 37 heavy (non-hydrogen) atoms. The highest BCUT2D eigenvalue weighted by Crippen LogP contribution is 2.31. The van der Waals surface area contributed by atoms with E-state index in [9.17, 15) is 26.4 Å². The number of rotatable bonds is 8. The first-order valence-corrected chi connectivity index (χ1v) is 12.8. The third-order valence-electron chi connectivity index (χ3n) is 5.54. The summed E-state index contributed by atoms with van der Waals surface area (Å²) in [5.74, 6) is 0.135. The van der Waals surface area contributed by atoms with Crippen LogP contribution >= 0.6 is 0 Å². The van der Waals surface area contributed by atoms with Crippen LogP contribution in [0, 0.1) is 0 Å². The minimum atomic E-state index is -4.60. The zero-order chi connectivity index (χ0) is 26.6. The number of hydrogen-bond donors (Lipinski definition) is 2. The Kier molecular flexibility index (Phi) is 7.40. The van der Waals surface area contributed by atoms with Crippen LogP contribution in [0.5, 0.6) is 5.75 Å². The van der Waals surface area contributed by atoms with E-state index in [4.69, 9.17) is 4.74 Å². The Morgan fingerprint density at radius 1 is 0.865 bits per heavy atom. The number of benzene rings is 4. The number of ether oxygens (including phenoxy) is 1. The lowest BCUT2D eigenvalue weighted by Gasteiger charge is -2.18. The molecule has 6 nitrogen and oxygen atoms in total. The molecule has 192 valence electrons. The number of hydrogen-bond acceptors (Lipinski definition) is 4. The number of alkyl halides is 3. The van der Waals surface area contributed by atoms with Gasteiger partial charge in [0.05, 0.1) is 10.5 Å². The second-order valence-electron chi connectivity index (χ2n) is 8.22. The fourth-order valence-corrected chi connectivity index (χ4v) is 4.69. The summed E-state index contributed by atoms with van der Waals surface area (Å²) < 4.78 is 72.1. The van der Waals surface area contributed by atoms with Crippen LogP contribution < -0.4 is 14.8 Å². The molecule has 0 unspecified atom stereocenters. The van der Waals surface area contributed by atoms with Gasteiger partial charge in [0, 0.05) is 11.4 Å². The van der Waals surface area contributed by atoms with Crippen molar-refractivity contribution >= 4 is 38.1 Å². The van der Waals surface area contributed by atoms with Crippen LogP contribution in [0.2, 0.25) is 0 Å². The topological polar surface area (TPSA) is 84.5 Å². The SMILES string of the molecule is CC[C@H](Oc1ccc2ccccc2c1)C(=O)Nc1ccc(S(=O)(=O)Nc2cccc(C(F)(F)F)c2)cc1. The van der Waals surface area contributed by atoms with Gasteiger partial charge in [-0.15, -0.1) is 0 Å². The maximum Gasteiger partial charge on any atom is 0.416 e. The summed E-state index contributed by atoms with van der Waals surface area (Å²) in [6.45, 7) is 1.81. The van der Waals surface area contributed by atoms with Gasteiger partial charge >= 0.3 is 6.18 Å².